The molecule has 188 valence electrons. The van der Waals surface area contributed by atoms with E-state index in [4.69, 9.17) is 0 Å². The summed E-state index contributed by atoms with van der Waals surface area (Å²) in [7, 11) is 0. The molecule has 0 aliphatic carbocycles. The summed E-state index contributed by atoms with van der Waals surface area (Å²) in [4.78, 5) is 0. The van der Waals surface area contributed by atoms with Gasteiger partial charge in [0.05, 0.1) is 11.1 Å². The van der Waals surface area contributed by atoms with Gasteiger partial charge in [-0.1, -0.05) is 63.4 Å². The average Bonchev–Trinajstić information content (AvgIpc) is 3.39. The second kappa shape index (κ2) is 9.81. The molecule has 2 aromatic heterocycles. The number of nitrogens with zero attached hydrogens (tertiary/aromatic N) is 3. The Kier molecular flexibility index (Phi) is 7.36. The molecular weight excluding hydrogens is 438 g/mol. The lowest BCUT2D eigenvalue weighted by Crippen LogP contribution is -2.21. The molecular formula is C33H41N3. The number of fused-ring (bicyclic) bond motifs is 4. The molecule has 0 aliphatic rings. The van der Waals surface area contributed by atoms with Crippen molar-refractivity contribution in [2.24, 2.45) is 0 Å². The Morgan fingerprint density at radius 2 is 0.917 bits per heavy atom. The van der Waals surface area contributed by atoms with Crippen LogP contribution in [0.5, 0.6) is 0 Å². The minimum atomic E-state index is 0. The smallest absolute Gasteiger partial charge is 0.0929 e. The van der Waals surface area contributed by atoms with E-state index in [0.29, 0.717) is 0 Å². The fourth-order valence-corrected chi connectivity index (χ4v) is 4.28. The van der Waals surface area contributed by atoms with Gasteiger partial charge in [0, 0.05) is 29.5 Å². The van der Waals surface area contributed by atoms with E-state index < -0.39 is 0 Å². The highest BCUT2D eigenvalue weighted by atomic mass is 15.3. The van der Waals surface area contributed by atoms with Crippen molar-refractivity contribution < 1.29 is 0 Å². The highest BCUT2D eigenvalue weighted by Gasteiger charge is 2.15. The van der Waals surface area contributed by atoms with Crippen molar-refractivity contribution in [1.82, 2.24) is 14.3 Å². The van der Waals surface area contributed by atoms with Gasteiger partial charge in [0.25, 0.3) is 0 Å². The monoisotopic (exact) mass is 479 g/mol. The molecule has 0 saturated carbocycles. The molecule has 3 heteroatoms. The van der Waals surface area contributed by atoms with E-state index in [-0.39, 0.29) is 25.9 Å². The maximum Gasteiger partial charge on any atom is 0.0929 e. The molecule has 0 spiro atoms. The minimum Gasteiger partial charge on any atom is -0.348 e. The van der Waals surface area contributed by atoms with Crippen LogP contribution in [0.2, 0.25) is 0 Å². The van der Waals surface area contributed by atoms with Crippen LogP contribution in [0.4, 0.5) is 0 Å². The van der Waals surface area contributed by atoms with Crippen molar-refractivity contribution >= 4 is 43.2 Å². The van der Waals surface area contributed by atoms with Gasteiger partial charge in [0.15, 0.2) is 0 Å². The van der Waals surface area contributed by atoms with Gasteiger partial charge >= 0.3 is 0 Å². The first-order valence-electron chi connectivity index (χ1n) is 12.0. The van der Waals surface area contributed by atoms with Crippen LogP contribution in [-0.2, 0) is 11.1 Å². The number of hydrogen-bond donors (Lipinski definition) is 0. The van der Waals surface area contributed by atoms with E-state index >= 15 is 0 Å². The zero-order valence-corrected chi connectivity index (χ0v) is 21.0. The first-order chi connectivity index (χ1) is 16.1. The molecule has 0 N–H and O–H groups in total. The second-order valence-corrected chi connectivity index (χ2v) is 11.2. The fraction of sp³-hybridized carbons (Fsp3) is 0.303. The quantitative estimate of drug-likeness (QED) is 0.212. The standard InChI is InChI=1S/C16H17N.C15H16N2.2CH4/c1-16(2,3)17-10-14-8-12-6-4-5-7-13(12)9-15(14)11-17;1-15(2,3)17-10-13-8-11-6-4-5-7-12(11)9-14(13)16-17;;/h4-11H,1-3H3;4-10H,1-3H3;2*1H4. The minimum absolute atomic E-state index is 0. The summed E-state index contributed by atoms with van der Waals surface area (Å²) in [5, 5.41) is 13.6. The molecule has 0 aliphatic heterocycles. The Labute approximate surface area is 216 Å². The van der Waals surface area contributed by atoms with Crippen molar-refractivity contribution in [1.29, 1.82) is 0 Å². The van der Waals surface area contributed by atoms with E-state index in [1.807, 2.05) is 4.68 Å². The molecule has 2 heterocycles. The summed E-state index contributed by atoms with van der Waals surface area (Å²) in [6.07, 6.45) is 6.60. The zero-order valence-electron chi connectivity index (χ0n) is 21.0. The van der Waals surface area contributed by atoms with Gasteiger partial charge in [0.1, 0.15) is 0 Å². The van der Waals surface area contributed by atoms with Gasteiger partial charge in [-0.2, -0.15) is 5.10 Å². The lowest BCUT2D eigenvalue weighted by Gasteiger charge is -2.20. The highest BCUT2D eigenvalue weighted by molar-refractivity contribution is 5.98. The molecule has 0 radical (unpaired) electrons. The maximum atomic E-state index is 4.65. The molecule has 0 atom stereocenters. The predicted octanol–water partition coefficient (Wildman–Crippen LogP) is 9.77. The SMILES string of the molecule is C.C.CC(C)(C)n1cc2cc3ccccc3cc2c1.CC(C)(C)n1cc2cc3ccccc3cc2n1. The largest absolute Gasteiger partial charge is 0.348 e. The number of benzene rings is 4. The van der Waals surface area contributed by atoms with Crippen molar-refractivity contribution in [2.75, 3.05) is 0 Å². The summed E-state index contributed by atoms with van der Waals surface area (Å²) < 4.78 is 4.33. The molecule has 3 nitrogen and oxygen atoms in total. The van der Waals surface area contributed by atoms with Crippen LogP contribution in [0.15, 0.2) is 91.4 Å². The van der Waals surface area contributed by atoms with Crippen LogP contribution >= 0.6 is 0 Å². The summed E-state index contributed by atoms with van der Waals surface area (Å²) in [6.45, 7) is 13.2. The van der Waals surface area contributed by atoms with E-state index in [9.17, 15) is 0 Å². The summed E-state index contributed by atoms with van der Waals surface area (Å²) in [6, 6.07) is 25.8. The van der Waals surface area contributed by atoms with E-state index in [2.05, 4.69) is 143 Å². The number of hydrogen-bond acceptors (Lipinski definition) is 1. The third kappa shape index (κ3) is 5.31. The number of aromatic nitrogens is 3. The Morgan fingerprint density at radius 1 is 0.500 bits per heavy atom. The maximum absolute atomic E-state index is 4.65. The van der Waals surface area contributed by atoms with Crippen LogP contribution in [0, 0.1) is 0 Å². The van der Waals surface area contributed by atoms with Gasteiger partial charge in [-0.15, -0.1) is 0 Å². The normalized spacial score (nSPS) is 11.7. The number of rotatable bonds is 0. The van der Waals surface area contributed by atoms with Crippen LogP contribution in [0.3, 0.4) is 0 Å². The lowest BCUT2D eigenvalue weighted by molar-refractivity contribution is 0.358. The molecule has 0 saturated heterocycles. The third-order valence-electron chi connectivity index (χ3n) is 6.34. The molecule has 4 aromatic carbocycles. The van der Waals surface area contributed by atoms with E-state index in [0.717, 1.165) is 5.52 Å². The van der Waals surface area contributed by atoms with Crippen LogP contribution in [0.25, 0.3) is 43.2 Å². The van der Waals surface area contributed by atoms with Crippen LogP contribution < -0.4 is 0 Å². The van der Waals surface area contributed by atoms with Gasteiger partial charge in [-0.05, 0) is 98.1 Å². The van der Waals surface area contributed by atoms with E-state index in [1.54, 1.807) is 0 Å². The molecule has 0 unspecified atom stereocenters. The Balaban J connectivity index is 0.000000190. The van der Waals surface area contributed by atoms with E-state index in [1.165, 1.54) is 37.7 Å². The van der Waals surface area contributed by atoms with Gasteiger partial charge < -0.3 is 4.57 Å². The van der Waals surface area contributed by atoms with Crippen molar-refractivity contribution in [2.45, 2.75) is 67.5 Å². The summed E-state index contributed by atoms with van der Waals surface area (Å²) in [5.41, 5.74) is 1.25. The highest BCUT2D eigenvalue weighted by Crippen LogP contribution is 2.27. The van der Waals surface area contributed by atoms with Crippen molar-refractivity contribution in [3.63, 3.8) is 0 Å². The fourth-order valence-electron chi connectivity index (χ4n) is 4.28. The molecule has 0 bridgehead atoms. The molecule has 0 amide bonds. The van der Waals surface area contributed by atoms with Crippen LogP contribution in [0.1, 0.15) is 56.4 Å². The van der Waals surface area contributed by atoms with Gasteiger partial charge in [-0.3, -0.25) is 4.68 Å². The Morgan fingerprint density at radius 3 is 1.33 bits per heavy atom. The first kappa shape index (κ1) is 27.0. The molecule has 36 heavy (non-hydrogen) atoms. The molecule has 0 fully saturated rings. The zero-order chi connectivity index (χ0) is 24.1. The molecule has 6 aromatic rings. The topological polar surface area (TPSA) is 22.8 Å². The van der Waals surface area contributed by atoms with Crippen molar-refractivity contribution in [3.8, 4) is 0 Å². The Bertz CT molecular complexity index is 1390. The summed E-state index contributed by atoms with van der Waals surface area (Å²) >= 11 is 0. The third-order valence-corrected chi connectivity index (χ3v) is 6.34. The van der Waals surface area contributed by atoms with Gasteiger partial charge in [-0.25, -0.2) is 0 Å². The average molecular weight is 480 g/mol. The second-order valence-electron chi connectivity index (χ2n) is 11.2. The van der Waals surface area contributed by atoms with Crippen molar-refractivity contribution in [3.05, 3.63) is 91.4 Å². The van der Waals surface area contributed by atoms with Gasteiger partial charge in [0.2, 0.25) is 0 Å². The first-order valence-corrected chi connectivity index (χ1v) is 12.0. The summed E-state index contributed by atoms with van der Waals surface area (Å²) in [5.74, 6) is 0. The lowest BCUT2D eigenvalue weighted by atomic mass is 10.1. The predicted molar refractivity (Wildman–Crippen MR) is 160 cm³/mol. The Hall–Kier alpha value is -3.59. The van der Waals surface area contributed by atoms with Crippen LogP contribution in [-0.4, -0.2) is 14.3 Å². The molecule has 6 rings (SSSR count).